The van der Waals surface area contributed by atoms with E-state index in [-0.39, 0.29) is 11.8 Å². The summed E-state index contributed by atoms with van der Waals surface area (Å²) in [4.78, 5) is 11.7. The van der Waals surface area contributed by atoms with Crippen molar-refractivity contribution in [3.05, 3.63) is 23.8 Å². The molecule has 1 aromatic carbocycles. The Morgan fingerprint density at radius 1 is 1.04 bits per heavy atom. The molecule has 0 unspecified atom stereocenters. The fourth-order valence-corrected chi connectivity index (χ4v) is 2.54. The number of hydrogen-bond acceptors (Lipinski definition) is 3. The second kappa shape index (κ2) is 12.5. The van der Waals surface area contributed by atoms with Gasteiger partial charge in [-0.05, 0) is 24.1 Å². The zero-order valence-electron chi connectivity index (χ0n) is 15.1. The highest BCUT2D eigenvalue weighted by atomic mass is 16.5. The predicted molar refractivity (Wildman–Crippen MR) is 97.5 cm³/mol. The molecule has 24 heavy (non-hydrogen) atoms. The summed E-state index contributed by atoms with van der Waals surface area (Å²) in [6, 6.07) is 4.88. The first kappa shape index (κ1) is 20.1. The van der Waals surface area contributed by atoms with Gasteiger partial charge < -0.3 is 20.5 Å². The first-order chi connectivity index (χ1) is 11.7. The third-order valence-corrected chi connectivity index (χ3v) is 4.01. The van der Waals surface area contributed by atoms with Gasteiger partial charge >= 0.3 is 6.03 Å². The van der Waals surface area contributed by atoms with E-state index in [1.54, 1.807) is 18.2 Å². The van der Waals surface area contributed by atoms with Crippen molar-refractivity contribution in [2.75, 3.05) is 13.7 Å². The molecule has 5 nitrogen and oxygen atoms in total. The highest BCUT2D eigenvalue weighted by Crippen LogP contribution is 2.26. The molecule has 0 fully saturated rings. The van der Waals surface area contributed by atoms with Gasteiger partial charge in [0.15, 0.2) is 11.5 Å². The highest BCUT2D eigenvalue weighted by Gasteiger charge is 2.04. The first-order valence-electron chi connectivity index (χ1n) is 9.05. The maximum absolute atomic E-state index is 11.7. The van der Waals surface area contributed by atoms with Crippen molar-refractivity contribution in [2.24, 2.45) is 0 Å². The number of carbonyl (C=O) groups excluding carboxylic acids is 1. The molecule has 0 spiro atoms. The fourth-order valence-electron chi connectivity index (χ4n) is 2.54. The van der Waals surface area contributed by atoms with Crippen LogP contribution in [-0.2, 0) is 6.54 Å². The Hall–Kier alpha value is -1.91. The summed E-state index contributed by atoms with van der Waals surface area (Å²) in [5.74, 6) is 0.508. The molecule has 1 rings (SSSR count). The molecule has 0 heterocycles. The van der Waals surface area contributed by atoms with Crippen molar-refractivity contribution in [1.82, 2.24) is 10.6 Å². The van der Waals surface area contributed by atoms with Gasteiger partial charge in [-0.2, -0.15) is 0 Å². The van der Waals surface area contributed by atoms with Crippen LogP contribution in [0.3, 0.4) is 0 Å². The van der Waals surface area contributed by atoms with E-state index in [9.17, 15) is 9.90 Å². The zero-order valence-corrected chi connectivity index (χ0v) is 15.1. The van der Waals surface area contributed by atoms with Crippen LogP contribution < -0.4 is 15.4 Å². The number of hydrogen-bond donors (Lipinski definition) is 3. The van der Waals surface area contributed by atoms with Gasteiger partial charge in [0.05, 0.1) is 7.11 Å². The number of unbranched alkanes of at least 4 members (excludes halogenated alkanes) is 7. The Bertz CT molecular complexity index is 478. The number of rotatable bonds is 12. The zero-order chi connectivity index (χ0) is 17.6. The number of phenolic OH excluding ortho intramolecular Hbond substituents is 1. The van der Waals surface area contributed by atoms with Gasteiger partial charge in [-0.25, -0.2) is 4.79 Å². The van der Waals surface area contributed by atoms with Crippen LogP contribution in [0.5, 0.6) is 11.5 Å². The van der Waals surface area contributed by atoms with Gasteiger partial charge in [0.25, 0.3) is 0 Å². The lowest BCUT2D eigenvalue weighted by Gasteiger charge is -2.09. The summed E-state index contributed by atoms with van der Waals surface area (Å²) in [7, 11) is 1.50. The van der Waals surface area contributed by atoms with E-state index < -0.39 is 0 Å². The summed E-state index contributed by atoms with van der Waals surface area (Å²) < 4.78 is 5.05. The Morgan fingerprint density at radius 2 is 1.71 bits per heavy atom. The maximum atomic E-state index is 11.7. The number of ether oxygens (including phenoxy) is 1. The van der Waals surface area contributed by atoms with Crippen molar-refractivity contribution < 1.29 is 14.6 Å². The van der Waals surface area contributed by atoms with E-state index in [1.165, 1.54) is 52.1 Å². The van der Waals surface area contributed by atoms with Gasteiger partial charge in [-0.15, -0.1) is 0 Å². The monoisotopic (exact) mass is 336 g/mol. The largest absolute Gasteiger partial charge is 0.504 e. The molecule has 1 aromatic rings. The molecular weight excluding hydrogens is 304 g/mol. The molecule has 0 saturated carbocycles. The molecule has 0 aliphatic carbocycles. The van der Waals surface area contributed by atoms with Gasteiger partial charge in [0.2, 0.25) is 0 Å². The van der Waals surface area contributed by atoms with Crippen LogP contribution in [0.25, 0.3) is 0 Å². The summed E-state index contributed by atoms with van der Waals surface area (Å²) >= 11 is 0. The number of carbonyl (C=O) groups is 1. The summed E-state index contributed by atoms with van der Waals surface area (Å²) in [6.07, 6.45) is 10.0. The van der Waals surface area contributed by atoms with Crippen LogP contribution in [-0.4, -0.2) is 24.8 Å². The molecule has 0 atom stereocenters. The number of benzene rings is 1. The fraction of sp³-hybridized carbons (Fsp3) is 0.632. The third kappa shape index (κ3) is 8.65. The second-order valence-electron chi connectivity index (χ2n) is 6.09. The molecule has 0 aliphatic heterocycles. The van der Waals surface area contributed by atoms with Crippen LogP contribution in [0.2, 0.25) is 0 Å². The Balaban J connectivity index is 2.06. The highest BCUT2D eigenvalue weighted by molar-refractivity contribution is 5.73. The number of urea groups is 1. The SMILES string of the molecule is CCCCCCCCCCNC(=O)NCc1ccc(O)c(OC)c1. The molecule has 3 N–H and O–H groups in total. The number of amides is 2. The summed E-state index contributed by atoms with van der Waals surface area (Å²) in [5.41, 5.74) is 0.881. The van der Waals surface area contributed by atoms with E-state index in [0.717, 1.165) is 12.0 Å². The normalized spacial score (nSPS) is 10.4. The lowest BCUT2D eigenvalue weighted by molar-refractivity contribution is 0.240. The Kier molecular flexibility index (Phi) is 10.5. The smallest absolute Gasteiger partial charge is 0.315 e. The van der Waals surface area contributed by atoms with Gasteiger partial charge in [-0.1, -0.05) is 57.9 Å². The number of methoxy groups -OCH3 is 1. The lowest BCUT2D eigenvalue weighted by atomic mass is 10.1. The van der Waals surface area contributed by atoms with E-state index in [2.05, 4.69) is 17.6 Å². The number of nitrogens with one attached hydrogen (secondary N) is 2. The van der Waals surface area contributed by atoms with Crippen molar-refractivity contribution >= 4 is 6.03 Å². The van der Waals surface area contributed by atoms with Crippen molar-refractivity contribution in [3.8, 4) is 11.5 Å². The average molecular weight is 336 g/mol. The van der Waals surface area contributed by atoms with Crippen LogP contribution in [0.1, 0.15) is 63.9 Å². The Morgan fingerprint density at radius 3 is 2.38 bits per heavy atom. The molecule has 0 radical (unpaired) electrons. The van der Waals surface area contributed by atoms with E-state index >= 15 is 0 Å². The first-order valence-corrected chi connectivity index (χ1v) is 9.05. The topological polar surface area (TPSA) is 70.6 Å². The summed E-state index contributed by atoms with van der Waals surface area (Å²) in [6.45, 7) is 3.34. The van der Waals surface area contributed by atoms with Crippen LogP contribution in [0, 0.1) is 0 Å². The lowest BCUT2D eigenvalue weighted by Crippen LogP contribution is -2.35. The molecule has 0 aromatic heterocycles. The summed E-state index contributed by atoms with van der Waals surface area (Å²) in [5, 5.41) is 15.2. The molecule has 2 amide bonds. The molecule has 0 aliphatic rings. The molecule has 5 heteroatoms. The average Bonchev–Trinajstić information content (AvgIpc) is 2.59. The minimum atomic E-state index is -0.162. The van der Waals surface area contributed by atoms with Gasteiger partial charge in [-0.3, -0.25) is 0 Å². The molecule has 136 valence electrons. The van der Waals surface area contributed by atoms with E-state index in [4.69, 9.17) is 4.74 Å². The van der Waals surface area contributed by atoms with Crippen LogP contribution >= 0.6 is 0 Å². The van der Waals surface area contributed by atoms with Crippen molar-refractivity contribution in [1.29, 1.82) is 0 Å². The van der Waals surface area contributed by atoms with Crippen LogP contribution in [0.15, 0.2) is 18.2 Å². The minimum absolute atomic E-state index is 0.0976. The van der Waals surface area contributed by atoms with Crippen molar-refractivity contribution in [2.45, 2.75) is 64.8 Å². The minimum Gasteiger partial charge on any atom is -0.504 e. The quantitative estimate of drug-likeness (QED) is 0.497. The van der Waals surface area contributed by atoms with E-state index in [0.29, 0.717) is 18.8 Å². The molecule has 0 saturated heterocycles. The van der Waals surface area contributed by atoms with Crippen molar-refractivity contribution in [3.63, 3.8) is 0 Å². The number of aromatic hydroxyl groups is 1. The van der Waals surface area contributed by atoms with Gasteiger partial charge in [0, 0.05) is 13.1 Å². The Labute approximate surface area is 145 Å². The van der Waals surface area contributed by atoms with E-state index in [1.807, 2.05) is 0 Å². The maximum Gasteiger partial charge on any atom is 0.315 e. The van der Waals surface area contributed by atoms with Gasteiger partial charge in [0.1, 0.15) is 0 Å². The third-order valence-electron chi connectivity index (χ3n) is 4.01. The second-order valence-corrected chi connectivity index (χ2v) is 6.09. The standard InChI is InChI=1S/C19H32N2O3/c1-3-4-5-6-7-8-9-10-13-20-19(23)21-15-16-11-12-17(22)18(14-16)24-2/h11-12,14,22H,3-10,13,15H2,1-2H3,(H2,20,21,23). The molecular formula is C19H32N2O3. The molecule has 0 bridgehead atoms. The number of phenols is 1. The van der Waals surface area contributed by atoms with Crippen LogP contribution in [0.4, 0.5) is 4.79 Å². The predicted octanol–water partition coefficient (Wildman–Crippen LogP) is 4.34.